The summed E-state index contributed by atoms with van der Waals surface area (Å²) < 4.78 is 13.9. The summed E-state index contributed by atoms with van der Waals surface area (Å²) in [6.45, 7) is 6.80. The molecule has 0 saturated heterocycles. The van der Waals surface area contributed by atoms with Gasteiger partial charge in [-0.1, -0.05) is 99.1 Å². The number of hydrogen-bond donors (Lipinski definition) is 0. The number of hydrogen-bond acceptors (Lipinski definition) is 4. The maximum Gasteiger partial charge on any atom is 0.358 e. The zero-order valence-corrected chi connectivity index (χ0v) is 25.6. The van der Waals surface area contributed by atoms with Crippen LogP contribution in [0.3, 0.4) is 0 Å². The highest BCUT2D eigenvalue weighted by atomic mass is 35.5. The lowest BCUT2D eigenvalue weighted by atomic mass is 10.1. The molecular formula is C34H33ClN2O3Si. The van der Waals surface area contributed by atoms with E-state index in [-0.39, 0.29) is 10.7 Å². The van der Waals surface area contributed by atoms with Crippen molar-refractivity contribution in [3.8, 4) is 5.75 Å². The number of nitrogens with zero attached hydrogens (tertiary/aromatic N) is 2. The van der Waals surface area contributed by atoms with Gasteiger partial charge in [0.1, 0.15) is 5.75 Å². The third kappa shape index (κ3) is 5.58. The first-order valence-electron chi connectivity index (χ1n) is 13.5. The van der Waals surface area contributed by atoms with E-state index in [4.69, 9.17) is 20.8 Å². The summed E-state index contributed by atoms with van der Waals surface area (Å²) in [7, 11) is 0.267. The highest BCUT2D eigenvalue weighted by Crippen LogP contribution is 2.40. The Labute approximate surface area is 247 Å². The predicted octanol–water partition coefficient (Wildman–Crippen LogP) is 7.12. The summed E-state index contributed by atoms with van der Waals surface area (Å²) >= 11 is 6.46. The Kier molecular flexibility index (Phi) is 7.89. The minimum absolute atomic E-state index is 0.195. The van der Waals surface area contributed by atoms with E-state index in [2.05, 4.69) is 86.5 Å². The minimum Gasteiger partial charge on any atom is -0.534 e. The molecule has 0 atom stereocenters. The van der Waals surface area contributed by atoms with Gasteiger partial charge in [-0.15, -0.1) is 0 Å². The van der Waals surface area contributed by atoms with Gasteiger partial charge in [-0.25, -0.2) is 4.79 Å². The van der Waals surface area contributed by atoms with E-state index in [9.17, 15) is 4.79 Å². The minimum atomic E-state index is -2.88. The molecule has 0 N–H and O–H groups in total. The molecule has 0 aliphatic carbocycles. The lowest BCUT2D eigenvalue weighted by Crippen LogP contribution is -2.68. The van der Waals surface area contributed by atoms with Crippen LogP contribution in [0.25, 0.3) is 22.9 Å². The Morgan fingerprint density at radius 1 is 0.878 bits per heavy atom. The molecule has 7 heteroatoms. The molecule has 0 spiro atoms. The number of methoxy groups -OCH3 is 1. The van der Waals surface area contributed by atoms with Crippen molar-refractivity contribution in [2.24, 2.45) is 7.05 Å². The van der Waals surface area contributed by atoms with Crippen molar-refractivity contribution < 1.29 is 14.0 Å². The molecule has 0 saturated carbocycles. The van der Waals surface area contributed by atoms with Crippen LogP contribution in [0.15, 0.2) is 97.1 Å². The number of aryl methyl sites for hydroxylation is 1. The van der Waals surface area contributed by atoms with Gasteiger partial charge in [0, 0.05) is 17.5 Å². The van der Waals surface area contributed by atoms with Gasteiger partial charge >= 0.3 is 14.3 Å². The monoisotopic (exact) mass is 580 g/mol. The van der Waals surface area contributed by atoms with E-state index in [0.717, 1.165) is 27.8 Å². The first-order valence-corrected chi connectivity index (χ1v) is 15.7. The maximum absolute atomic E-state index is 12.0. The summed E-state index contributed by atoms with van der Waals surface area (Å²) in [4.78, 5) is 12.0. The first-order chi connectivity index (χ1) is 19.6. The molecule has 41 heavy (non-hydrogen) atoms. The summed E-state index contributed by atoms with van der Waals surface area (Å²) in [5.74, 6) is 0.329. The van der Waals surface area contributed by atoms with Gasteiger partial charge in [0.15, 0.2) is 5.69 Å². The van der Waals surface area contributed by atoms with E-state index >= 15 is 0 Å². The van der Waals surface area contributed by atoms with E-state index in [1.807, 2.05) is 42.5 Å². The number of fused-ring (bicyclic) bond motifs is 1. The van der Waals surface area contributed by atoms with Crippen molar-refractivity contribution in [2.75, 3.05) is 7.11 Å². The van der Waals surface area contributed by atoms with Gasteiger partial charge in [-0.3, -0.25) is 4.68 Å². The Bertz CT molecular complexity index is 1680. The Morgan fingerprint density at radius 3 is 2.10 bits per heavy atom. The van der Waals surface area contributed by atoms with Crippen molar-refractivity contribution in [2.45, 2.75) is 25.8 Å². The summed E-state index contributed by atoms with van der Waals surface area (Å²) in [6.07, 6.45) is 3.92. The number of esters is 1. The summed E-state index contributed by atoms with van der Waals surface area (Å²) in [6, 6.07) is 33.0. The van der Waals surface area contributed by atoms with Crippen LogP contribution in [-0.2, 0) is 11.8 Å². The zero-order valence-electron chi connectivity index (χ0n) is 23.9. The van der Waals surface area contributed by atoms with Gasteiger partial charge in [0.05, 0.1) is 12.8 Å². The normalized spacial score (nSPS) is 12.1. The van der Waals surface area contributed by atoms with Crippen LogP contribution in [0.2, 0.25) is 10.1 Å². The molecule has 0 unspecified atom stereocenters. The van der Waals surface area contributed by atoms with E-state index in [1.54, 1.807) is 17.8 Å². The van der Waals surface area contributed by atoms with Crippen LogP contribution < -0.4 is 14.8 Å². The second-order valence-corrected chi connectivity index (χ2v) is 15.7. The molecule has 5 nitrogen and oxygen atoms in total. The fourth-order valence-corrected chi connectivity index (χ4v) is 9.96. The number of carbonyl (C=O) groups excluding carboxylic acids is 1. The van der Waals surface area contributed by atoms with E-state index in [0.29, 0.717) is 5.02 Å². The SMILES string of the molecule is COC(=O)c1cc(C=Cc2cc(O[Si](c3ccccc3)(c3ccccc3)C(C)(C)C)c3ccc(Cl)cc3c2)n(C)n1. The number of benzene rings is 4. The molecular weight excluding hydrogens is 548 g/mol. The standard InChI is InChI=1S/C34H33ClN2O3Si/c1-34(2,3)41(28-12-8-6-9-13-28,29-14-10-7-11-15-29)40-32-21-24(20-25-22-26(35)17-19-30(25)32)16-18-27-23-31(33(38)39-5)36-37(27)4/h6-23H,1-5H3. The third-order valence-corrected chi connectivity index (χ3v) is 12.5. The molecule has 0 bridgehead atoms. The number of rotatable bonds is 7. The molecule has 5 aromatic rings. The highest BCUT2D eigenvalue weighted by molar-refractivity contribution is 7.00. The van der Waals surface area contributed by atoms with Gasteiger partial charge in [-0.2, -0.15) is 5.10 Å². The fourth-order valence-electron chi connectivity index (χ4n) is 5.35. The largest absolute Gasteiger partial charge is 0.534 e. The van der Waals surface area contributed by atoms with Gasteiger partial charge in [0.2, 0.25) is 0 Å². The predicted molar refractivity (Wildman–Crippen MR) is 171 cm³/mol. The van der Waals surface area contributed by atoms with E-state index < -0.39 is 14.3 Å². The quantitative estimate of drug-likeness (QED) is 0.152. The lowest BCUT2D eigenvalue weighted by molar-refractivity contribution is 0.0593. The second kappa shape index (κ2) is 11.4. The second-order valence-electron chi connectivity index (χ2n) is 11.1. The number of aromatic nitrogens is 2. The van der Waals surface area contributed by atoms with Crippen LogP contribution in [0.4, 0.5) is 0 Å². The van der Waals surface area contributed by atoms with Crippen LogP contribution in [0.5, 0.6) is 5.75 Å². The topological polar surface area (TPSA) is 53.4 Å². The smallest absolute Gasteiger partial charge is 0.358 e. The van der Waals surface area contributed by atoms with Crippen molar-refractivity contribution in [1.29, 1.82) is 0 Å². The average molecular weight is 581 g/mol. The molecule has 0 aliphatic rings. The molecule has 0 fully saturated rings. The molecule has 1 aromatic heterocycles. The zero-order chi connectivity index (χ0) is 29.2. The fraction of sp³-hybridized carbons (Fsp3) is 0.176. The first kappa shape index (κ1) is 28.4. The summed E-state index contributed by atoms with van der Waals surface area (Å²) in [5, 5.41) is 9.11. The van der Waals surface area contributed by atoms with Crippen molar-refractivity contribution in [1.82, 2.24) is 9.78 Å². The molecule has 1 heterocycles. The highest BCUT2D eigenvalue weighted by Gasteiger charge is 2.52. The number of ether oxygens (including phenoxy) is 1. The lowest BCUT2D eigenvalue weighted by Gasteiger charge is -2.43. The van der Waals surface area contributed by atoms with E-state index in [1.165, 1.54) is 17.5 Å². The maximum atomic E-state index is 12.0. The Balaban J connectivity index is 1.69. The third-order valence-electron chi connectivity index (χ3n) is 7.34. The average Bonchev–Trinajstić information content (AvgIpc) is 3.34. The summed E-state index contributed by atoms with van der Waals surface area (Å²) in [5.41, 5.74) is 1.97. The van der Waals surface area contributed by atoms with Gasteiger partial charge in [0.25, 0.3) is 0 Å². The van der Waals surface area contributed by atoms with Crippen molar-refractivity contribution in [3.63, 3.8) is 0 Å². The Hall–Kier alpha value is -4.13. The number of carbonyl (C=O) groups is 1. The molecule has 0 radical (unpaired) electrons. The Morgan fingerprint density at radius 2 is 1.51 bits per heavy atom. The molecule has 208 valence electrons. The van der Waals surface area contributed by atoms with Crippen LogP contribution in [0, 0.1) is 0 Å². The molecule has 4 aromatic carbocycles. The number of halogens is 1. The van der Waals surface area contributed by atoms with Crippen molar-refractivity contribution >= 4 is 59.2 Å². The van der Waals surface area contributed by atoms with Crippen molar-refractivity contribution in [3.05, 3.63) is 119 Å². The molecule has 5 rings (SSSR count). The van der Waals surface area contributed by atoms with Crippen LogP contribution >= 0.6 is 11.6 Å². The van der Waals surface area contributed by atoms with Gasteiger partial charge in [-0.05, 0) is 68.8 Å². The molecule has 0 aliphatic heterocycles. The van der Waals surface area contributed by atoms with Crippen LogP contribution in [0.1, 0.15) is 42.5 Å². The molecule has 0 amide bonds. The van der Waals surface area contributed by atoms with Crippen LogP contribution in [-0.4, -0.2) is 31.2 Å². The van der Waals surface area contributed by atoms with Gasteiger partial charge < -0.3 is 9.16 Å².